The van der Waals surface area contributed by atoms with Gasteiger partial charge in [-0.3, -0.25) is 0 Å². The van der Waals surface area contributed by atoms with E-state index in [4.69, 9.17) is 5.73 Å². The van der Waals surface area contributed by atoms with Crippen molar-refractivity contribution in [3.63, 3.8) is 0 Å². The van der Waals surface area contributed by atoms with Crippen LogP contribution in [0.3, 0.4) is 0 Å². The molecular formula is C9H13N3O2. The zero-order valence-electron chi connectivity index (χ0n) is 7.80. The van der Waals surface area contributed by atoms with E-state index in [2.05, 4.69) is 5.29 Å². The van der Waals surface area contributed by atoms with Gasteiger partial charge in [-0.2, -0.15) is 5.01 Å². The van der Waals surface area contributed by atoms with Crippen molar-refractivity contribution in [2.45, 2.75) is 25.3 Å². The van der Waals surface area contributed by atoms with Gasteiger partial charge in [-0.05, 0) is 42.9 Å². The number of carbonyl (C=O) groups excluding carboxylic acids is 1. The van der Waals surface area contributed by atoms with E-state index in [9.17, 15) is 9.70 Å². The molecule has 2 N–H and O–H groups in total. The Hall–Kier alpha value is -1.13. The third kappa shape index (κ3) is 0.823. The Labute approximate surface area is 81.6 Å². The topological polar surface area (TPSA) is 75.8 Å². The first kappa shape index (κ1) is 8.20. The maximum Gasteiger partial charge on any atom is 0.338 e. The van der Waals surface area contributed by atoms with Crippen LogP contribution in [0.2, 0.25) is 0 Å². The Balaban J connectivity index is 1.78. The van der Waals surface area contributed by atoms with E-state index in [1.807, 2.05) is 0 Å². The third-order valence-corrected chi connectivity index (χ3v) is 4.29. The molecule has 0 radical (unpaired) electrons. The molecule has 3 aliphatic carbocycles. The smallest absolute Gasteiger partial charge is 0.338 e. The molecule has 2 amide bonds. The van der Waals surface area contributed by atoms with Crippen LogP contribution < -0.4 is 5.73 Å². The minimum absolute atomic E-state index is 0.0382. The van der Waals surface area contributed by atoms with Gasteiger partial charge in [0.15, 0.2) is 0 Å². The second kappa shape index (κ2) is 2.46. The van der Waals surface area contributed by atoms with Crippen molar-refractivity contribution >= 4 is 6.03 Å². The molecule has 0 aromatic rings. The number of hydrogen-bond donors (Lipinski definition) is 1. The quantitative estimate of drug-likeness (QED) is 0.529. The van der Waals surface area contributed by atoms with Crippen molar-refractivity contribution in [2.24, 2.45) is 34.7 Å². The van der Waals surface area contributed by atoms with Crippen molar-refractivity contribution in [3.8, 4) is 0 Å². The molecule has 76 valence electrons. The molecule has 3 aliphatic rings. The number of nitrogens with zero attached hydrogens (tertiary/aromatic N) is 2. The summed E-state index contributed by atoms with van der Waals surface area (Å²) >= 11 is 0. The largest absolute Gasteiger partial charge is 0.350 e. The van der Waals surface area contributed by atoms with Gasteiger partial charge in [0.05, 0.1) is 11.3 Å². The Kier molecular flexibility index (Phi) is 1.44. The number of nitrogens with two attached hydrogens (primary N) is 1. The number of nitroso groups, excluding NO2 is 1. The highest BCUT2D eigenvalue weighted by atomic mass is 16.3. The number of rotatable bonds is 2. The summed E-state index contributed by atoms with van der Waals surface area (Å²) in [6.45, 7) is 0. The van der Waals surface area contributed by atoms with Crippen molar-refractivity contribution < 1.29 is 4.79 Å². The predicted molar refractivity (Wildman–Crippen MR) is 48.8 cm³/mol. The van der Waals surface area contributed by atoms with Gasteiger partial charge in [-0.25, -0.2) is 4.79 Å². The highest BCUT2D eigenvalue weighted by molar-refractivity contribution is 5.72. The van der Waals surface area contributed by atoms with Crippen molar-refractivity contribution in [2.75, 3.05) is 0 Å². The maximum atomic E-state index is 10.9. The van der Waals surface area contributed by atoms with Crippen molar-refractivity contribution in [3.05, 3.63) is 4.91 Å². The van der Waals surface area contributed by atoms with Crippen molar-refractivity contribution in [1.82, 2.24) is 5.01 Å². The SMILES string of the molecule is NC(=O)N(N=O)C1[C@@H]2[C@H]3CC[C@H](C3)[C@H]12. The molecule has 0 aromatic heterocycles. The molecule has 0 saturated heterocycles. The molecule has 0 aliphatic heterocycles. The van der Waals surface area contributed by atoms with Crippen LogP contribution >= 0.6 is 0 Å². The Bertz CT molecular complexity index is 290. The van der Waals surface area contributed by atoms with Gasteiger partial charge in [0.2, 0.25) is 0 Å². The summed E-state index contributed by atoms with van der Waals surface area (Å²) in [5, 5.41) is 3.70. The first-order valence-electron chi connectivity index (χ1n) is 5.16. The summed E-state index contributed by atoms with van der Waals surface area (Å²) in [6.07, 6.45) is 3.80. The van der Waals surface area contributed by atoms with Gasteiger partial charge < -0.3 is 5.73 Å². The van der Waals surface area contributed by atoms with E-state index in [0.29, 0.717) is 11.8 Å². The van der Waals surface area contributed by atoms with Crippen LogP contribution in [0.1, 0.15) is 19.3 Å². The molecule has 3 fully saturated rings. The lowest BCUT2D eigenvalue weighted by Crippen LogP contribution is -2.35. The molecule has 3 rings (SSSR count). The number of amides is 2. The molecule has 5 heteroatoms. The van der Waals surface area contributed by atoms with Gasteiger partial charge in [-0.1, -0.05) is 0 Å². The minimum Gasteiger partial charge on any atom is -0.350 e. The van der Waals surface area contributed by atoms with E-state index in [1.165, 1.54) is 19.3 Å². The highest BCUT2D eigenvalue weighted by Crippen LogP contribution is 2.67. The fourth-order valence-electron chi connectivity index (χ4n) is 3.85. The molecule has 3 saturated carbocycles. The predicted octanol–water partition coefficient (Wildman–Crippen LogP) is 1.09. The summed E-state index contributed by atoms with van der Waals surface area (Å²) in [5.74, 6) is 2.50. The monoisotopic (exact) mass is 195 g/mol. The first-order valence-corrected chi connectivity index (χ1v) is 5.16. The van der Waals surface area contributed by atoms with Crippen LogP contribution in [0.4, 0.5) is 4.79 Å². The molecular weight excluding hydrogens is 182 g/mol. The lowest BCUT2D eigenvalue weighted by Gasteiger charge is -2.14. The van der Waals surface area contributed by atoms with Crippen LogP contribution in [0.15, 0.2) is 5.29 Å². The van der Waals surface area contributed by atoms with E-state index in [0.717, 1.165) is 16.8 Å². The summed E-state index contributed by atoms with van der Waals surface area (Å²) < 4.78 is 0. The van der Waals surface area contributed by atoms with Crippen LogP contribution in [-0.2, 0) is 0 Å². The summed E-state index contributed by atoms with van der Waals surface area (Å²) in [4.78, 5) is 21.4. The van der Waals surface area contributed by atoms with E-state index >= 15 is 0 Å². The van der Waals surface area contributed by atoms with Gasteiger partial charge in [0, 0.05) is 0 Å². The summed E-state index contributed by atoms with van der Waals surface area (Å²) in [7, 11) is 0. The van der Waals surface area contributed by atoms with E-state index < -0.39 is 6.03 Å². The molecule has 5 atom stereocenters. The average Bonchev–Trinajstić information content (AvgIpc) is 2.57. The number of fused-ring (bicyclic) bond motifs is 5. The van der Waals surface area contributed by atoms with E-state index in [-0.39, 0.29) is 6.04 Å². The zero-order chi connectivity index (χ0) is 9.87. The maximum absolute atomic E-state index is 10.9. The normalized spacial score (nSPS) is 47.3. The molecule has 2 bridgehead atoms. The Morgan fingerprint density at radius 3 is 2.29 bits per heavy atom. The molecule has 1 unspecified atom stereocenters. The zero-order valence-corrected chi connectivity index (χ0v) is 7.80. The summed E-state index contributed by atoms with van der Waals surface area (Å²) in [5.41, 5.74) is 5.10. The Morgan fingerprint density at radius 2 is 1.86 bits per heavy atom. The van der Waals surface area contributed by atoms with Crippen LogP contribution in [-0.4, -0.2) is 17.1 Å². The van der Waals surface area contributed by atoms with Crippen LogP contribution in [0.25, 0.3) is 0 Å². The van der Waals surface area contributed by atoms with Gasteiger partial charge in [0.1, 0.15) is 0 Å². The van der Waals surface area contributed by atoms with Gasteiger partial charge >= 0.3 is 6.03 Å². The van der Waals surface area contributed by atoms with Crippen molar-refractivity contribution in [1.29, 1.82) is 0 Å². The van der Waals surface area contributed by atoms with Gasteiger partial charge in [0.25, 0.3) is 0 Å². The average molecular weight is 195 g/mol. The van der Waals surface area contributed by atoms with Crippen LogP contribution in [0, 0.1) is 28.6 Å². The number of urea groups is 1. The molecule has 5 nitrogen and oxygen atoms in total. The fourth-order valence-corrected chi connectivity index (χ4v) is 3.85. The Morgan fingerprint density at radius 1 is 1.29 bits per heavy atom. The first-order chi connectivity index (χ1) is 6.74. The molecule has 0 spiro atoms. The lowest BCUT2D eigenvalue weighted by atomic mass is 10.0. The number of hydrogen-bond acceptors (Lipinski definition) is 3. The second-order valence-electron chi connectivity index (χ2n) is 4.74. The fraction of sp³-hybridized carbons (Fsp3) is 0.889. The van der Waals surface area contributed by atoms with Gasteiger partial charge in [-0.15, -0.1) is 4.91 Å². The van der Waals surface area contributed by atoms with Crippen LogP contribution in [0.5, 0.6) is 0 Å². The third-order valence-electron chi connectivity index (χ3n) is 4.29. The minimum atomic E-state index is -0.696. The number of primary amides is 1. The summed E-state index contributed by atoms with van der Waals surface area (Å²) in [6, 6.07) is -0.657. The van der Waals surface area contributed by atoms with E-state index in [1.54, 1.807) is 0 Å². The lowest BCUT2D eigenvalue weighted by molar-refractivity contribution is 0.194. The molecule has 0 heterocycles. The molecule has 0 aromatic carbocycles. The standard InChI is InChI=1S/C9H13N3O2/c10-9(13)12(11-14)8-6-4-1-2-5(3-4)7(6)8/h4-8H,1-3H2,(H2,10,13)/t4-,5+,6+,7-,8?. The highest BCUT2D eigenvalue weighted by Gasteiger charge is 2.68. The molecule has 14 heavy (non-hydrogen) atoms. The number of carbonyl (C=O) groups is 1. The second-order valence-corrected chi connectivity index (χ2v) is 4.74.